The molecule has 5 nitrogen and oxygen atoms in total. The van der Waals surface area contributed by atoms with Crippen LogP contribution in [0.3, 0.4) is 0 Å². The molecule has 2 aromatic rings. The van der Waals surface area contributed by atoms with Gasteiger partial charge in [-0.2, -0.15) is 0 Å². The van der Waals surface area contributed by atoms with Crippen LogP contribution in [-0.2, 0) is 9.53 Å². The summed E-state index contributed by atoms with van der Waals surface area (Å²) < 4.78 is 5.19. The van der Waals surface area contributed by atoms with Gasteiger partial charge in [-0.1, -0.05) is 37.3 Å². The molecule has 0 radical (unpaired) electrons. The third kappa shape index (κ3) is 4.91. The number of amides is 1. The molecule has 2 rings (SSSR count). The van der Waals surface area contributed by atoms with E-state index >= 15 is 0 Å². The van der Waals surface area contributed by atoms with Crippen LogP contribution in [-0.4, -0.2) is 29.5 Å². The van der Waals surface area contributed by atoms with E-state index in [2.05, 4.69) is 17.2 Å². The molecule has 0 saturated heterocycles. The highest BCUT2D eigenvalue weighted by Crippen LogP contribution is 2.18. The molecule has 1 heterocycles. The molecular formula is C19H22N2O3. The van der Waals surface area contributed by atoms with Crippen molar-refractivity contribution in [3.63, 3.8) is 0 Å². The molecule has 1 aromatic carbocycles. The highest BCUT2D eigenvalue weighted by molar-refractivity contribution is 5.92. The van der Waals surface area contributed by atoms with E-state index in [1.54, 1.807) is 19.1 Å². The van der Waals surface area contributed by atoms with Gasteiger partial charge in [-0.25, -0.2) is 4.79 Å². The Kier molecular flexibility index (Phi) is 6.49. The highest BCUT2D eigenvalue weighted by Gasteiger charge is 2.20. The second-order valence-electron chi connectivity index (χ2n) is 5.54. The lowest BCUT2D eigenvalue weighted by molar-refractivity contribution is -0.129. The molecule has 126 valence electrons. The van der Waals surface area contributed by atoms with Crippen molar-refractivity contribution in [3.05, 3.63) is 66.0 Å². The number of carbonyl (C=O) groups excluding carboxylic acids is 2. The Morgan fingerprint density at radius 2 is 1.79 bits per heavy atom. The molecule has 1 aromatic heterocycles. The second-order valence-corrected chi connectivity index (χ2v) is 5.54. The predicted octanol–water partition coefficient (Wildman–Crippen LogP) is 2.94. The van der Waals surface area contributed by atoms with Crippen LogP contribution in [0.5, 0.6) is 0 Å². The van der Waals surface area contributed by atoms with Gasteiger partial charge in [0.2, 0.25) is 0 Å². The summed E-state index contributed by atoms with van der Waals surface area (Å²) in [6, 6.07) is 13.1. The van der Waals surface area contributed by atoms with Gasteiger partial charge in [0.25, 0.3) is 5.91 Å². The van der Waals surface area contributed by atoms with E-state index < -0.39 is 12.1 Å². The highest BCUT2D eigenvalue weighted by atomic mass is 16.5. The van der Waals surface area contributed by atoms with Crippen LogP contribution in [0.2, 0.25) is 0 Å². The van der Waals surface area contributed by atoms with Crippen molar-refractivity contribution < 1.29 is 14.3 Å². The SMILES string of the molecule is CC[C@@H](CNC(=O)[C@@H](C)OC(=O)c1ccncc1)c1ccccc1. The van der Waals surface area contributed by atoms with Gasteiger partial charge in [0.1, 0.15) is 0 Å². The van der Waals surface area contributed by atoms with Crippen LogP contribution in [0, 0.1) is 0 Å². The molecule has 0 bridgehead atoms. The number of aromatic nitrogens is 1. The molecule has 0 spiro atoms. The van der Waals surface area contributed by atoms with Gasteiger partial charge in [0, 0.05) is 24.9 Å². The summed E-state index contributed by atoms with van der Waals surface area (Å²) in [5.74, 6) is -0.597. The van der Waals surface area contributed by atoms with Gasteiger partial charge in [0.05, 0.1) is 5.56 Å². The Hall–Kier alpha value is -2.69. The summed E-state index contributed by atoms with van der Waals surface area (Å²) in [5.41, 5.74) is 1.56. The fraction of sp³-hybridized carbons (Fsp3) is 0.316. The molecule has 0 fully saturated rings. The molecule has 0 aliphatic carbocycles. The maximum absolute atomic E-state index is 12.2. The Balaban J connectivity index is 1.86. The van der Waals surface area contributed by atoms with Gasteiger partial charge >= 0.3 is 5.97 Å². The molecule has 1 amide bonds. The quantitative estimate of drug-likeness (QED) is 0.794. The minimum Gasteiger partial charge on any atom is -0.449 e. The van der Waals surface area contributed by atoms with Gasteiger partial charge in [0.15, 0.2) is 6.10 Å². The first-order valence-electron chi connectivity index (χ1n) is 8.05. The van der Waals surface area contributed by atoms with Gasteiger partial charge in [-0.3, -0.25) is 9.78 Å². The van der Waals surface area contributed by atoms with Crippen molar-refractivity contribution in [3.8, 4) is 0 Å². The number of rotatable bonds is 7. The third-order valence-corrected chi connectivity index (χ3v) is 3.86. The number of carbonyl (C=O) groups is 2. The molecule has 1 N–H and O–H groups in total. The van der Waals surface area contributed by atoms with E-state index in [1.807, 2.05) is 30.3 Å². The van der Waals surface area contributed by atoms with Crippen molar-refractivity contribution in [1.29, 1.82) is 0 Å². The molecule has 2 atom stereocenters. The maximum Gasteiger partial charge on any atom is 0.339 e. The summed E-state index contributed by atoms with van der Waals surface area (Å²) in [5, 5.41) is 2.86. The number of nitrogens with zero attached hydrogens (tertiary/aromatic N) is 1. The summed E-state index contributed by atoms with van der Waals surface area (Å²) in [6.07, 6.45) is 3.08. The van der Waals surface area contributed by atoms with Gasteiger partial charge < -0.3 is 10.1 Å². The number of benzene rings is 1. The molecule has 5 heteroatoms. The topological polar surface area (TPSA) is 68.3 Å². The molecular weight excluding hydrogens is 304 g/mol. The summed E-state index contributed by atoms with van der Waals surface area (Å²) in [6.45, 7) is 4.16. The lowest BCUT2D eigenvalue weighted by atomic mass is 9.96. The monoisotopic (exact) mass is 326 g/mol. The van der Waals surface area contributed by atoms with Crippen LogP contribution in [0.1, 0.15) is 42.1 Å². The maximum atomic E-state index is 12.2. The van der Waals surface area contributed by atoms with Crippen molar-refractivity contribution >= 4 is 11.9 Å². The van der Waals surface area contributed by atoms with Crippen LogP contribution in [0.4, 0.5) is 0 Å². The van der Waals surface area contributed by atoms with Crippen molar-refractivity contribution in [2.75, 3.05) is 6.54 Å². The average Bonchev–Trinajstić information content (AvgIpc) is 2.63. The normalized spacial score (nSPS) is 12.9. The first-order valence-corrected chi connectivity index (χ1v) is 8.05. The first-order chi connectivity index (χ1) is 11.6. The number of pyridine rings is 1. The number of nitrogens with one attached hydrogen (secondary N) is 1. The van der Waals surface area contributed by atoms with Crippen LogP contribution in [0.15, 0.2) is 54.9 Å². The fourth-order valence-electron chi connectivity index (χ4n) is 2.36. The number of hydrogen-bond acceptors (Lipinski definition) is 4. The van der Waals surface area contributed by atoms with E-state index in [0.29, 0.717) is 12.1 Å². The minimum absolute atomic E-state index is 0.234. The van der Waals surface area contributed by atoms with Gasteiger partial charge in [-0.05, 0) is 31.0 Å². The molecule has 0 saturated carbocycles. The smallest absolute Gasteiger partial charge is 0.339 e. The zero-order chi connectivity index (χ0) is 17.4. The number of ether oxygens (including phenoxy) is 1. The van der Waals surface area contributed by atoms with E-state index in [1.165, 1.54) is 18.0 Å². The van der Waals surface area contributed by atoms with E-state index in [-0.39, 0.29) is 11.8 Å². The number of esters is 1. The number of hydrogen-bond donors (Lipinski definition) is 1. The second kappa shape index (κ2) is 8.82. The van der Waals surface area contributed by atoms with Crippen LogP contribution in [0.25, 0.3) is 0 Å². The third-order valence-electron chi connectivity index (χ3n) is 3.86. The Morgan fingerprint density at radius 3 is 2.42 bits per heavy atom. The average molecular weight is 326 g/mol. The zero-order valence-electron chi connectivity index (χ0n) is 13.9. The Morgan fingerprint density at radius 1 is 1.12 bits per heavy atom. The molecule has 0 aliphatic rings. The van der Waals surface area contributed by atoms with Crippen LogP contribution >= 0.6 is 0 Å². The summed E-state index contributed by atoms with van der Waals surface area (Å²) in [4.78, 5) is 27.9. The first kappa shape index (κ1) is 17.7. The van der Waals surface area contributed by atoms with Crippen molar-refractivity contribution in [2.45, 2.75) is 32.3 Å². The van der Waals surface area contributed by atoms with Crippen LogP contribution < -0.4 is 5.32 Å². The summed E-state index contributed by atoms with van der Waals surface area (Å²) in [7, 11) is 0. The molecule has 0 aliphatic heterocycles. The summed E-state index contributed by atoms with van der Waals surface area (Å²) >= 11 is 0. The predicted molar refractivity (Wildman–Crippen MR) is 91.6 cm³/mol. The fourth-order valence-corrected chi connectivity index (χ4v) is 2.36. The standard InChI is InChI=1S/C19H22N2O3/c1-3-15(16-7-5-4-6-8-16)13-21-18(22)14(2)24-19(23)17-9-11-20-12-10-17/h4-12,14-15H,3,13H2,1-2H3,(H,21,22)/t14-,15+/m1/s1. The Bertz CT molecular complexity index is 659. The largest absolute Gasteiger partial charge is 0.449 e. The lowest BCUT2D eigenvalue weighted by Crippen LogP contribution is -2.38. The molecule has 24 heavy (non-hydrogen) atoms. The zero-order valence-corrected chi connectivity index (χ0v) is 13.9. The molecule has 0 unspecified atom stereocenters. The Labute approximate surface area is 142 Å². The van der Waals surface area contributed by atoms with E-state index in [0.717, 1.165) is 6.42 Å². The van der Waals surface area contributed by atoms with Crippen molar-refractivity contribution in [1.82, 2.24) is 10.3 Å². The van der Waals surface area contributed by atoms with Gasteiger partial charge in [-0.15, -0.1) is 0 Å². The minimum atomic E-state index is -0.848. The lowest BCUT2D eigenvalue weighted by Gasteiger charge is -2.18. The van der Waals surface area contributed by atoms with E-state index in [9.17, 15) is 9.59 Å². The van der Waals surface area contributed by atoms with E-state index in [4.69, 9.17) is 4.74 Å². The van der Waals surface area contributed by atoms with Crippen molar-refractivity contribution in [2.24, 2.45) is 0 Å².